The van der Waals surface area contributed by atoms with E-state index >= 15 is 0 Å². The summed E-state index contributed by atoms with van der Waals surface area (Å²) < 4.78 is 5.42. The maximum atomic E-state index is 5.42. The van der Waals surface area contributed by atoms with Gasteiger partial charge >= 0.3 is 0 Å². The lowest BCUT2D eigenvalue weighted by Gasteiger charge is -2.04. The van der Waals surface area contributed by atoms with Gasteiger partial charge in [-0.1, -0.05) is 6.07 Å². The molecule has 18 heavy (non-hydrogen) atoms. The van der Waals surface area contributed by atoms with Crippen LogP contribution in [0.4, 0.5) is 0 Å². The van der Waals surface area contributed by atoms with Gasteiger partial charge in [0.1, 0.15) is 5.69 Å². The van der Waals surface area contributed by atoms with Gasteiger partial charge in [0.25, 0.3) is 0 Å². The van der Waals surface area contributed by atoms with Crippen LogP contribution in [0.3, 0.4) is 0 Å². The van der Waals surface area contributed by atoms with Gasteiger partial charge in [0, 0.05) is 4.90 Å². The second-order valence-electron chi connectivity index (χ2n) is 3.73. The Labute approximate surface area is 114 Å². The molecule has 3 aromatic heterocycles. The van der Waals surface area contributed by atoms with Crippen LogP contribution in [-0.2, 0) is 0 Å². The van der Waals surface area contributed by atoms with E-state index in [1.54, 1.807) is 29.4 Å². The van der Waals surface area contributed by atoms with Gasteiger partial charge in [-0.2, -0.15) is 0 Å². The average Bonchev–Trinajstić information content (AvgIpc) is 3.10. The molecule has 90 valence electrons. The van der Waals surface area contributed by atoms with E-state index in [4.69, 9.17) is 4.42 Å². The minimum atomic E-state index is 0.809. The van der Waals surface area contributed by atoms with Crippen molar-refractivity contribution in [3.8, 4) is 22.0 Å². The number of rotatable bonds is 3. The summed E-state index contributed by atoms with van der Waals surface area (Å²) >= 11 is 3.41. The zero-order valence-electron chi connectivity index (χ0n) is 9.79. The van der Waals surface area contributed by atoms with Crippen molar-refractivity contribution in [1.82, 2.24) is 4.98 Å². The Balaban J connectivity index is 2.13. The van der Waals surface area contributed by atoms with Crippen molar-refractivity contribution >= 4 is 23.1 Å². The number of pyridine rings is 1. The highest BCUT2D eigenvalue weighted by atomic mass is 32.2. The summed E-state index contributed by atoms with van der Waals surface area (Å²) in [5.41, 5.74) is 1.89. The second-order valence-corrected chi connectivity index (χ2v) is 5.56. The smallest absolute Gasteiger partial charge is 0.152 e. The van der Waals surface area contributed by atoms with E-state index in [1.165, 1.54) is 9.77 Å². The van der Waals surface area contributed by atoms with E-state index in [9.17, 15) is 0 Å². The van der Waals surface area contributed by atoms with Gasteiger partial charge in [0.05, 0.1) is 16.8 Å². The third kappa shape index (κ3) is 2.21. The Morgan fingerprint density at radius 2 is 2.06 bits per heavy atom. The third-order valence-electron chi connectivity index (χ3n) is 2.58. The molecule has 0 amide bonds. The SMILES string of the molecule is CSc1cc(-c2ccco2)nc(-c2cccs2)c1. The Morgan fingerprint density at radius 1 is 1.17 bits per heavy atom. The molecule has 3 rings (SSSR count). The molecule has 0 N–H and O–H groups in total. The molecule has 0 aliphatic heterocycles. The number of nitrogens with zero attached hydrogens (tertiary/aromatic N) is 1. The van der Waals surface area contributed by atoms with Gasteiger partial charge in [-0.15, -0.1) is 23.1 Å². The molecule has 0 bridgehead atoms. The van der Waals surface area contributed by atoms with E-state index in [-0.39, 0.29) is 0 Å². The molecule has 4 heteroatoms. The number of aromatic nitrogens is 1. The molecular formula is C14H11NOS2. The van der Waals surface area contributed by atoms with Crippen molar-refractivity contribution in [2.75, 3.05) is 6.26 Å². The zero-order chi connectivity index (χ0) is 12.4. The molecule has 0 saturated carbocycles. The molecule has 0 aliphatic rings. The van der Waals surface area contributed by atoms with Gasteiger partial charge in [-0.05, 0) is 42.0 Å². The average molecular weight is 273 g/mol. The van der Waals surface area contributed by atoms with Gasteiger partial charge < -0.3 is 4.42 Å². The van der Waals surface area contributed by atoms with Crippen LogP contribution < -0.4 is 0 Å². The number of thioether (sulfide) groups is 1. The lowest BCUT2D eigenvalue weighted by atomic mass is 10.2. The monoisotopic (exact) mass is 273 g/mol. The summed E-state index contributed by atoms with van der Waals surface area (Å²) in [4.78, 5) is 7.04. The molecule has 0 atom stereocenters. The molecule has 0 aliphatic carbocycles. The molecule has 0 aromatic carbocycles. The molecule has 2 nitrogen and oxygen atoms in total. The molecule has 3 aromatic rings. The topological polar surface area (TPSA) is 26.0 Å². The van der Waals surface area contributed by atoms with Crippen LogP contribution in [-0.4, -0.2) is 11.2 Å². The van der Waals surface area contributed by atoms with E-state index in [2.05, 4.69) is 34.8 Å². The highest BCUT2D eigenvalue weighted by Gasteiger charge is 2.09. The van der Waals surface area contributed by atoms with E-state index < -0.39 is 0 Å². The van der Waals surface area contributed by atoms with Crippen molar-refractivity contribution in [2.24, 2.45) is 0 Å². The fourth-order valence-corrected chi connectivity index (χ4v) is 2.87. The van der Waals surface area contributed by atoms with E-state index in [0.29, 0.717) is 0 Å². The summed E-state index contributed by atoms with van der Waals surface area (Å²) in [6.45, 7) is 0. The van der Waals surface area contributed by atoms with Crippen LogP contribution in [0.15, 0.2) is 57.4 Å². The number of thiophene rings is 1. The number of hydrogen-bond acceptors (Lipinski definition) is 4. The predicted octanol–water partition coefficient (Wildman–Crippen LogP) is 4.79. The van der Waals surface area contributed by atoms with Crippen LogP contribution >= 0.6 is 23.1 Å². The van der Waals surface area contributed by atoms with Gasteiger partial charge in [-0.3, -0.25) is 0 Å². The first-order valence-electron chi connectivity index (χ1n) is 5.50. The first-order chi connectivity index (χ1) is 8.86. The summed E-state index contributed by atoms with van der Waals surface area (Å²) in [7, 11) is 0. The van der Waals surface area contributed by atoms with Gasteiger partial charge in [0.2, 0.25) is 0 Å². The Hall–Kier alpha value is -1.52. The summed E-state index contributed by atoms with van der Waals surface area (Å²) in [6.07, 6.45) is 3.74. The Kier molecular flexibility index (Phi) is 3.21. The standard InChI is InChI=1S/C14H11NOS2/c1-17-10-8-11(13-4-2-6-16-13)15-12(9-10)14-5-3-7-18-14/h2-9H,1H3. The molecule has 3 heterocycles. The molecule has 0 unspecified atom stereocenters. The molecule has 0 saturated heterocycles. The summed E-state index contributed by atoms with van der Waals surface area (Å²) in [6, 6.07) is 12.1. The second kappa shape index (κ2) is 5.00. The zero-order valence-corrected chi connectivity index (χ0v) is 11.4. The maximum absolute atomic E-state index is 5.42. The third-order valence-corrected chi connectivity index (χ3v) is 4.18. The Bertz CT molecular complexity index is 577. The van der Waals surface area contributed by atoms with Crippen molar-refractivity contribution in [2.45, 2.75) is 4.90 Å². The molecule has 0 radical (unpaired) electrons. The molecule has 0 spiro atoms. The largest absolute Gasteiger partial charge is 0.463 e. The van der Waals surface area contributed by atoms with Crippen molar-refractivity contribution in [3.63, 3.8) is 0 Å². The van der Waals surface area contributed by atoms with Crippen molar-refractivity contribution in [1.29, 1.82) is 0 Å². The van der Waals surface area contributed by atoms with Crippen LogP contribution in [0.25, 0.3) is 22.0 Å². The summed E-state index contributed by atoms with van der Waals surface area (Å²) in [5.74, 6) is 0.809. The van der Waals surface area contributed by atoms with Crippen LogP contribution in [0.1, 0.15) is 0 Å². The first kappa shape index (κ1) is 11.6. The number of hydrogen-bond donors (Lipinski definition) is 0. The fourth-order valence-electron chi connectivity index (χ4n) is 1.72. The van der Waals surface area contributed by atoms with Crippen LogP contribution in [0.5, 0.6) is 0 Å². The van der Waals surface area contributed by atoms with E-state index in [0.717, 1.165) is 17.1 Å². The summed E-state index contributed by atoms with van der Waals surface area (Å²) in [5, 5.41) is 2.06. The highest BCUT2D eigenvalue weighted by Crippen LogP contribution is 2.30. The minimum absolute atomic E-state index is 0.809. The highest BCUT2D eigenvalue weighted by molar-refractivity contribution is 7.98. The van der Waals surface area contributed by atoms with E-state index in [1.807, 2.05) is 18.2 Å². The number of furan rings is 1. The Morgan fingerprint density at radius 3 is 2.72 bits per heavy atom. The molecule has 0 fully saturated rings. The lowest BCUT2D eigenvalue weighted by molar-refractivity contribution is 0.580. The molecular weight excluding hydrogens is 262 g/mol. The van der Waals surface area contributed by atoms with Gasteiger partial charge in [0.15, 0.2) is 5.76 Å². The lowest BCUT2D eigenvalue weighted by Crippen LogP contribution is -1.87. The van der Waals surface area contributed by atoms with Crippen molar-refractivity contribution in [3.05, 3.63) is 48.0 Å². The van der Waals surface area contributed by atoms with Gasteiger partial charge in [-0.25, -0.2) is 4.98 Å². The van der Waals surface area contributed by atoms with Crippen LogP contribution in [0.2, 0.25) is 0 Å². The minimum Gasteiger partial charge on any atom is -0.463 e. The normalized spacial score (nSPS) is 10.7. The van der Waals surface area contributed by atoms with Crippen molar-refractivity contribution < 1.29 is 4.42 Å². The first-order valence-corrected chi connectivity index (χ1v) is 7.61. The maximum Gasteiger partial charge on any atom is 0.152 e. The predicted molar refractivity (Wildman–Crippen MR) is 77.0 cm³/mol. The quantitative estimate of drug-likeness (QED) is 0.642. The fraction of sp³-hybridized carbons (Fsp3) is 0.0714. The van der Waals surface area contributed by atoms with Crippen LogP contribution in [0, 0.1) is 0 Å².